The number of aromatic nitrogens is 4. The van der Waals surface area contributed by atoms with Crippen LogP contribution in [0.5, 0.6) is 5.75 Å². The zero-order valence-electron chi connectivity index (χ0n) is 18.8. The molecule has 5 rings (SSSR count). The summed E-state index contributed by atoms with van der Waals surface area (Å²) in [4.78, 5) is 14.4. The summed E-state index contributed by atoms with van der Waals surface area (Å²) in [5.41, 5.74) is 8.90. The Labute approximate surface area is 189 Å². The van der Waals surface area contributed by atoms with Gasteiger partial charge in [0, 0.05) is 30.2 Å². The second kappa shape index (κ2) is 9.32. The summed E-state index contributed by atoms with van der Waals surface area (Å²) >= 11 is 0. The summed E-state index contributed by atoms with van der Waals surface area (Å²) in [5, 5.41) is 7.08. The van der Waals surface area contributed by atoms with Gasteiger partial charge in [0.2, 0.25) is 11.9 Å². The molecule has 8 heteroatoms. The van der Waals surface area contributed by atoms with Gasteiger partial charge in [-0.1, -0.05) is 31.0 Å². The zero-order chi connectivity index (χ0) is 21.9. The van der Waals surface area contributed by atoms with Gasteiger partial charge in [-0.05, 0) is 44.6 Å². The minimum Gasteiger partial charge on any atom is -0.496 e. The fraction of sp³-hybridized carbons (Fsp3) is 0.542. The van der Waals surface area contributed by atoms with Crippen molar-refractivity contribution in [3.63, 3.8) is 0 Å². The van der Waals surface area contributed by atoms with E-state index in [9.17, 15) is 0 Å². The first-order valence-electron chi connectivity index (χ1n) is 11.8. The molecule has 2 fully saturated rings. The fourth-order valence-electron chi connectivity index (χ4n) is 5.06. The van der Waals surface area contributed by atoms with E-state index in [1.54, 1.807) is 7.11 Å². The SMILES string of the molecule is COc1ccccc1CNc1nc2cnc(NC3CCC(N)CC3)nc2n1C1CCCC1. The Morgan fingerprint density at radius 3 is 2.62 bits per heavy atom. The van der Waals surface area contributed by atoms with Gasteiger partial charge in [0.1, 0.15) is 11.3 Å². The van der Waals surface area contributed by atoms with E-state index in [1.807, 2.05) is 24.4 Å². The van der Waals surface area contributed by atoms with Crippen LogP contribution in [0.3, 0.4) is 0 Å². The molecule has 4 N–H and O–H groups in total. The highest BCUT2D eigenvalue weighted by Crippen LogP contribution is 2.35. The van der Waals surface area contributed by atoms with Crippen molar-refractivity contribution in [2.75, 3.05) is 17.7 Å². The second-order valence-electron chi connectivity index (χ2n) is 9.07. The van der Waals surface area contributed by atoms with E-state index >= 15 is 0 Å². The van der Waals surface area contributed by atoms with Crippen molar-refractivity contribution in [2.45, 2.75) is 76.0 Å². The molecule has 8 nitrogen and oxygen atoms in total. The predicted molar refractivity (Wildman–Crippen MR) is 127 cm³/mol. The number of ether oxygens (including phenoxy) is 1. The van der Waals surface area contributed by atoms with Gasteiger partial charge in [-0.25, -0.2) is 9.97 Å². The number of methoxy groups -OCH3 is 1. The molecule has 0 amide bonds. The number of anilines is 2. The molecule has 0 spiro atoms. The van der Waals surface area contributed by atoms with Crippen LogP contribution in [0, 0.1) is 0 Å². The molecule has 2 saturated carbocycles. The number of imidazole rings is 1. The number of nitrogens with two attached hydrogens (primary N) is 1. The number of nitrogens with zero attached hydrogens (tertiary/aromatic N) is 4. The first-order chi connectivity index (χ1) is 15.7. The van der Waals surface area contributed by atoms with Gasteiger partial charge in [0.05, 0.1) is 13.3 Å². The van der Waals surface area contributed by atoms with Gasteiger partial charge in [-0.2, -0.15) is 4.98 Å². The van der Waals surface area contributed by atoms with Crippen LogP contribution in [0.4, 0.5) is 11.9 Å². The number of rotatable bonds is 7. The maximum Gasteiger partial charge on any atom is 0.224 e. The monoisotopic (exact) mass is 435 g/mol. The lowest BCUT2D eigenvalue weighted by Crippen LogP contribution is -2.33. The van der Waals surface area contributed by atoms with Crippen LogP contribution in [0.1, 0.15) is 63.0 Å². The minimum absolute atomic E-state index is 0.331. The Bertz CT molecular complexity index is 1050. The van der Waals surface area contributed by atoms with Crippen molar-refractivity contribution < 1.29 is 4.74 Å². The Balaban J connectivity index is 1.42. The lowest BCUT2D eigenvalue weighted by Gasteiger charge is -2.26. The van der Waals surface area contributed by atoms with E-state index in [0.717, 1.165) is 67.0 Å². The molecule has 2 aliphatic carbocycles. The van der Waals surface area contributed by atoms with Crippen molar-refractivity contribution in [1.82, 2.24) is 19.5 Å². The molecule has 1 aromatic carbocycles. The van der Waals surface area contributed by atoms with E-state index in [2.05, 4.69) is 26.3 Å². The lowest BCUT2D eigenvalue weighted by atomic mass is 9.92. The Hall–Kier alpha value is -2.87. The standard InChI is InChI=1S/C24H33N7O/c1-32-21-9-5-2-6-16(21)14-27-24-29-20-15-26-23(28-18-12-10-17(25)11-13-18)30-22(20)31(24)19-7-3-4-8-19/h2,5-6,9,15,17-19H,3-4,7-8,10-14,25H2,1H3,(H,27,29)(H,26,28,30). The Morgan fingerprint density at radius 2 is 1.84 bits per heavy atom. The Morgan fingerprint density at radius 1 is 1.06 bits per heavy atom. The normalized spacial score (nSPS) is 21.7. The summed E-state index contributed by atoms with van der Waals surface area (Å²) in [6.45, 7) is 0.640. The van der Waals surface area contributed by atoms with Gasteiger partial charge in [-0.15, -0.1) is 0 Å². The lowest BCUT2D eigenvalue weighted by molar-refractivity contribution is 0.410. The van der Waals surface area contributed by atoms with Crippen molar-refractivity contribution in [1.29, 1.82) is 0 Å². The number of benzene rings is 1. The molecule has 170 valence electrons. The van der Waals surface area contributed by atoms with Crippen molar-refractivity contribution in [3.8, 4) is 5.75 Å². The highest BCUT2D eigenvalue weighted by Gasteiger charge is 2.25. The highest BCUT2D eigenvalue weighted by atomic mass is 16.5. The number of hydrogen-bond donors (Lipinski definition) is 3. The van der Waals surface area contributed by atoms with Gasteiger partial charge in [0.25, 0.3) is 0 Å². The molecule has 0 bridgehead atoms. The van der Waals surface area contributed by atoms with Gasteiger partial charge in [-0.3, -0.25) is 4.57 Å². The average molecular weight is 436 g/mol. The van der Waals surface area contributed by atoms with Gasteiger partial charge >= 0.3 is 0 Å². The zero-order valence-corrected chi connectivity index (χ0v) is 18.8. The summed E-state index contributed by atoms with van der Waals surface area (Å²) in [6.07, 6.45) is 10.9. The molecule has 32 heavy (non-hydrogen) atoms. The predicted octanol–water partition coefficient (Wildman–Crippen LogP) is 4.24. The van der Waals surface area contributed by atoms with E-state index in [1.165, 1.54) is 12.8 Å². The van der Waals surface area contributed by atoms with Crippen LogP contribution in [0.15, 0.2) is 30.5 Å². The van der Waals surface area contributed by atoms with Crippen LogP contribution in [-0.4, -0.2) is 38.7 Å². The average Bonchev–Trinajstić information content (AvgIpc) is 3.46. The molecule has 3 aromatic rings. The number of para-hydroxylation sites is 1. The second-order valence-corrected chi connectivity index (χ2v) is 9.07. The number of hydrogen-bond acceptors (Lipinski definition) is 7. The van der Waals surface area contributed by atoms with Crippen LogP contribution in [0.25, 0.3) is 11.2 Å². The molecule has 2 heterocycles. The van der Waals surface area contributed by atoms with Gasteiger partial charge in [0.15, 0.2) is 5.65 Å². The molecule has 0 unspecified atom stereocenters. The molecular formula is C24H33N7O. The molecular weight excluding hydrogens is 402 g/mol. The van der Waals surface area contributed by atoms with Crippen molar-refractivity contribution >= 4 is 23.1 Å². The Kier molecular flexibility index (Phi) is 6.12. The summed E-state index contributed by atoms with van der Waals surface area (Å²) in [7, 11) is 1.71. The van der Waals surface area contributed by atoms with Crippen molar-refractivity contribution in [2.24, 2.45) is 5.73 Å². The first-order valence-corrected chi connectivity index (χ1v) is 11.8. The third-order valence-corrected chi connectivity index (χ3v) is 6.86. The summed E-state index contributed by atoms with van der Waals surface area (Å²) < 4.78 is 7.80. The topological polar surface area (TPSA) is 103 Å². The molecule has 0 saturated heterocycles. The number of fused-ring (bicyclic) bond motifs is 1. The maximum atomic E-state index is 6.06. The molecule has 2 aliphatic rings. The third-order valence-electron chi connectivity index (χ3n) is 6.86. The molecule has 0 aliphatic heterocycles. The minimum atomic E-state index is 0.331. The van der Waals surface area contributed by atoms with Crippen LogP contribution in [0.2, 0.25) is 0 Å². The van der Waals surface area contributed by atoms with Crippen molar-refractivity contribution in [3.05, 3.63) is 36.0 Å². The van der Waals surface area contributed by atoms with Crippen LogP contribution < -0.4 is 21.1 Å². The van der Waals surface area contributed by atoms with E-state index in [-0.39, 0.29) is 0 Å². The van der Waals surface area contributed by atoms with Crippen LogP contribution >= 0.6 is 0 Å². The van der Waals surface area contributed by atoms with Crippen LogP contribution in [-0.2, 0) is 6.54 Å². The highest BCUT2D eigenvalue weighted by molar-refractivity contribution is 5.75. The summed E-state index contributed by atoms with van der Waals surface area (Å²) in [6, 6.07) is 9.21. The maximum absolute atomic E-state index is 6.06. The van der Waals surface area contributed by atoms with Gasteiger partial charge < -0.3 is 21.1 Å². The third kappa shape index (κ3) is 4.37. The molecule has 0 atom stereocenters. The number of nitrogens with one attached hydrogen (secondary N) is 2. The summed E-state index contributed by atoms with van der Waals surface area (Å²) in [5.74, 6) is 2.42. The molecule has 0 radical (unpaired) electrons. The van der Waals surface area contributed by atoms with E-state index in [0.29, 0.717) is 30.6 Å². The smallest absolute Gasteiger partial charge is 0.224 e. The van der Waals surface area contributed by atoms with E-state index in [4.69, 9.17) is 20.4 Å². The largest absolute Gasteiger partial charge is 0.496 e. The first kappa shape index (κ1) is 21.0. The van der Waals surface area contributed by atoms with E-state index < -0.39 is 0 Å². The fourth-order valence-corrected chi connectivity index (χ4v) is 5.06. The quantitative estimate of drug-likeness (QED) is 0.510. The molecule has 2 aromatic heterocycles.